The molecule has 1 heterocycles. The van der Waals surface area contributed by atoms with E-state index in [2.05, 4.69) is 15.6 Å². The maximum absolute atomic E-state index is 12.6. The van der Waals surface area contributed by atoms with Crippen LogP contribution in [0, 0.1) is 20.8 Å². The van der Waals surface area contributed by atoms with Crippen molar-refractivity contribution in [3.8, 4) is 0 Å². The van der Waals surface area contributed by atoms with E-state index in [9.17, 15) is 9.59 Å². The van der Waals surface area contributed by atoms with Crippen LogP contribution in [0.15, 0.2) is 60.8 Å². The summed E-state index contributed by atoms with van der Waals surface area (Å²) in [7, 11) is 0. The second kappa shape index (κ2) is 8.48. The molecular formula is C23H23N3O2. The quantitative estimate of drug-likeness (QED) is 0.704. The van der Waals surface area contributed by atoms with Crippen molar-refractivity contribution in [2.24, 2.45) is 0 Å². The molecule has 3 aromatic rings. The molecule has 2 N–H and O–H groups in total. The van der Waals surface area contributed by atoms with Crippen LogP contribution in [-0.4, -0.2) is 16.8 Å². The number of hydrogen-bond acceptors (Lipinski definition) is 3. The molecule has 0 aliphatic rings. The molecule has 0 saturated carbocycles. The topological polar surface area (TPSA) is 71.1 Å². The first-order valence-electron chi connectivity index (χ1n) is 9.11. The highest BCUT2D eigenvalue weighted by Gasteiger charge is 2.13. The van der Waals surface area contributed by atoms with Crippen LogP contribution in [0.3, 0.4) is 0 Å². The lowest BCUT2D eigenvalue weighted by atomic mass is 10.1. The third-order valence-electron chi connectivity index (χ3n) is 4.59. The highest BCUT2D eigenvalue weighted by molar-refractivity contribution is 6.06. The molecule has 3 rings (SSSR count). The van der Waals surface area contributed by atoms with Crippen LogP contribution in [0.4, 0.5) is 5.69 Å². The predicted molar refractivity (Wildman–Crippen MR) is 110 cm³/mol. The lowest BCUT2D eigenvalue weighted by Crippen LogP contribution is -2.24. The molecule has 28 heavy (non-hydrogen) atoms. The molecule has 142 valence electrons. The minimum absolute atomic E-state index is 0.210. The molecule has 1 aromatic heterocycles. The van der Waals surface area contributed by atoms with E-state index in [1.54, 1.807) is 6.07 Å². The second-order valence-corrected chi connectivity index (χ2v) is 6.81. The molecule has 0 radical (unpaired) electrons. The van der Waals surface area contributed by atoms with Gasteiger partial charge in [0.1, 0.15) is 5.69 Å². The number of anilines is 1. The van der Waals surface area contributed by atoms with Crippen LogP contribution >= 0.6 is 0 Å². The maximum Gasteiger partial charge on any atom is 0.270 e. The number of hydrogen-bond donors (Lipinski definition) is 2. The lowest BCUT2D eigenvalue weighted by Gasteiger charge is -2.10. The molecule has 5 nitrogen and oxygen atoms in total. The lowest BCUT2D eigenvalue weighted by molar-refractivity contribution is 0.0946. The van der Waals surface area contributed by atoms with Crippen LogP contribution < -0.4 is 10.6 Å². The number of pyridine rings is 1. The van der Waals surface area contributed by atoms with Gasteiger partial charge in [0.25, 0.3) is 11.8 Å². The van der Waals surface area contributed by atoms with Gasteiger partial charge in [-0.25, -0.2) is 0 Å². The Hall–Kier alpha value is -3.47. The van der Waals surface area contributed by atoms with Crippen molar-refractivity contribution in [2.45, 2.75) is 27.3 Å². The van der Waals surface area contributed by atoms with E-state index in [0.717, 1.165) is 27.9 Å². The smallest absolute Gasteiger partial charge is 0.270 e. The minimum Gasteiger partial charge on any atom is -0.347 e. The largest absolute Gasteiger partial charge is 0.347 e. The van der Waals surface area contributed by atoms with Crippen LogP contribution in [-0.2, 0) is 6.54 Å². The summed E-state index contributed by atoms with van der Waals surface area (Å²) in [6, 6.07) is 16.8. The fourth-order valence-electron chi connectivity index (χ4n) is 2.92. The number of rotatable bonds is 5. The van der Waals surface area contributed by atoms with Gasteiger partial charge in [0.2, 0.25) is 0 Å². The number of benzene rings is 2. The number of amides is 2. The summed E-state index contributed by atoms with van der Waals surface area (Å²) in [5.41, 5.74) is 5.61. The predicted octanol–water partition coefficient (Wildman–Crippen LogP) is 4.19. The zero-order valence-electron chi connectivity index (χ0n) is 16.2. The van der Waals surface area contributed by atoms with E-state index in [1.807, 2.05) is 63.2 Å². The third-order valence-corrected chi connectivity index (χ3v) is 4.59. The summed E-state index contributed by atoms with van der Waals surface area (Å²) < 4.78 is 0. The average Bonchev–Trinajstić information content (AvgIpc) is 2.69. The van der Waals surface area contributed by atoms with Gasteiger partial charge in [0, 0.05) is 24.0 Å². The van der Waals surface area contributed by atoms with Crippen molar-refractivity contribution < 1.29 is 9.59 Å². The number of aromatic nitrogens is 1. The molecule has 2 amide bonds. The maximum atomic E-state index is 12.6. The third kappa shape index (κ3) is 4.62. The van der Waals surface area contributed by atoms with Gasteiger partial charge in [-0.3, -0.25) is 14.6 Å². The van der Waals surface area contributed by atoms with Crippen LogP contribution in [0.5, 0.6) is 0 Å². The zero-order chi connectivity index (χ0) is 20.1. The van der Waals surface area contributed by atoms with Crippen LogP contribution in [0.2, 0.25) is 0 Å². The number of carbonyl (C=O) groups is 2. The number of aryl methyl sites for hydroxylation is 3. The number of nitrogens with zero attached hydrogens (tertiary/aromatic N) is 1. The molecule has 5 heteroatoms. The van der Waals surface area contributed by atoms with E-state index in [-0.39, 0.29) is 17.5 Å². The summed E-state index contributed by atoms with van der Waals surface area (Å²) in [6.07, 6.45) is 1.47. The van der Waals surface area contributed by atoms with Crippen LogP contribution in [0.1, 0.15) is 43.1 Å². The fraction of sp³-hybridized carbons (Fsp3) is 0.174. The Kier molecular flexibility index (Phi) is 5.84. The number of nitrogens with one attached hydrogen (secondary N) is 2. The van der Waals surface area contributed by atoms with Crippen molar-refractivity contribution >= 4 is 17.5 Å². The monoisotopic (exact) mass is 373 g/mol. The molecule has 2 aromatic carbocycles. The molecule has 0 aliphatic carbocycles. The molecule has 0 aliphatic heterocycles. The Morgan fingerprint density at radius 1 is 0.893 bits per heavy atom. The molecule has 0 fully saturated rings. The van der Waals surface area contributed by atoms with E-state index in [4.69, 9.17) is 0 Å². The Morgan fingerprint density at radius 3 is 2.43 bits per heavy atom. The first-order valence-corrected chi connectivity index (χ1v) is 9.11. The van der Waals surface area contributed by atoms with Gasteiger partial charge in [-0.15, -0.1) is 0 Å². The molecular weight excluding hydrogens is 350 g/mol. The van der Waals surface area contributed by atoms with Gasteiger partial charge in [0.15, 0.2) is 0 Å². The van der Waals surface area contributed by atoms with Crippen molar-refractivity contribution in [1.29, 1.82) is 0 Å². The van der Waals surface area contributed by atoms with Gasteiger partial charge in [-0.2, -0.15) is 0 Å². The molecule has 0 saturated heterocycles. The van der Waals surface area contributed by atoms with Crippen molar-refractivity contribution in [3.05, 3.63) is 94.3 Å². The average molecular weight is 373 g/mol. The van der Waals surface area contributed by atoms with Gasteiger partial charge >= 0.3 is 0 Å². The summed E-state index contributed by atoms with van der Waals surface area (Å²) >= 11 is 0. The second-order valence-electron chi connectivity index (χ2n) is 6.81. The molecule has 0 spiro atoms. The zero-order valence-corrected chi connectivity index (χ0v) is 16.2. The fourth-order valence-corrected chi connectivity index (χ4v) is 2.92. The Bertz CT molecular complexity index is 1030. The molecule has 0 unspecified atom stereocenters. The summed E-state index contributed by atoms with van der Waals surface area (Å²) in [5.74, 6) is -0.591. The van der Waals surface area contributed by atoms with E-state index in [0.29, 0.717) is 12.1 Å². The molecule has 0 atom stereocenters. The van der Waals surface area contributed by atoms with E-state index >= 15 is 0 Å². The Morgan fingerprint density at radius 2 is 1.68 bits per heavy atom. The van der Waals surface area contributed by atoms with E-state index < -0.39 is 0 Å². The van der Waals surface area contributed by atoms with Crippen molar-refractivity contribution in [1.82, 2.24) is 10.3 Å². The highest BCUT2D eigenvalue weighted by atomic mass is 16.2. The van der Waals surface area contributed by atoms with Gasteiger partial charge in [-0.05, 0) is 55.7 Å². The summed E-state index contributed by atoms with van der Waals surface area (Å²) in [4.78, 5) is 29.1. The molecule has 0 bridgehead atoms. The van der Waals surface area contributed by atoms with E-state index in [1.165, 1.54) is 12.3 Å². The van der Waals surface area contributed by atoms with Crippen molar-refractivity contribution in [2.75, 3.05) is 5.32 Å². The SMILES string of the molecule is Cc1ccc(NC(=O)c2ccnc(C(=O)NCc3ccccc3C)c2)c(C)c1. The first-order chi connectivity index (χ1) is 13.4. The normalized spacial score (nSPS) is 10.4. The first kappa shape index (κ1) is 19.3. The van der Waals surface area contributed by atoms with Gasteiger partial charge in [-0.1, -0.05) is 42.0 Å². The Balaban J connectivity index is 1.69. The number of carbonyl (C=O) groups excluding carboxylic acids is 2. The van der Waals surface area contributed by atoms with Crippen molar-refractivity contribution in [3.63, 3.8) is 0 Å². The summed E-state index contributed by atoms with van der Waals surface area (Å²) in [5, 5.41) is 5.74. The summed E-state index contributed by atoms with van der Waals surface area (Å²) in [6.45, 7) is 6.35. The highest BCUT2D eigenvalue weighted by Crippen LogP contribution is 2.17. The van der Waals surface area contributed by atoms with Gasteiger partial charge < -0.3 is 10.6 Å². The minimum atomic E-state index is -0.315. The Labute approximate surface area is 164 Å². The van der Waals surface area contributed by atoms with Gasteiger partial charge in [0.05, 0.1) is 0 Å². The standard InChI is InChI=1S/C23H23N3O2/c1-15-8-9-20(17(3)12-15)26-22(27)18-10-11-24-21(13-18)23(28)25-14-19-7-5-4-6-16(19)2/h4-13H,14H2,1-3H3,(H,25,28)(H,26,27). The van der Waals surface area contributed by atoms with Crippen LogP contribution in [0.25, 0.3) is 0 Å².